The fourth-order valence-electron chi connectivity index (χ4n) is 0.632. The third-order valence-electron chi connectivity index (χ3n) is 1.30. The average molecular weight is 146 g/mol. The summed E-state index contributed by atoms with van der Waals surface area (Å²) in [5.74, 6) is 0. The predicted molar refractivity (Wildman–Crippen MR) is 38.5 cm³/mol. The van der Waals surface area contributed by atoms with Gasteiger partial charge < -0.3 is 15.3 Å². The van der Waals surface area contributed by atoms with Crippen molar-refractivity contribution in [3.05, 3.63) is 12.7 Å². The van der Waals surface area contributed by atoms with Gasteiger partial charge in [0, 0.05) is 0 Å². The van der Waals surface area contributed by atoms with E-state index in [9.17, 15) is 0 Å². The molecular formula is C7H14O3. The summed E-state index contributed by atoms with van der Waals surface area (Å²) in [5.41, 5.74) is 0. The van der Waals surface area contributed by atoms with Crippen molar-refractivity contribution in [3.8, 4) is 0 Å². The van der Waals surface area contributed by atoms with E-state index >= 15 is 0 Å². The monoisotopic (exact) mass is 146 g/mol. The fourth-order valence-corrected chi connectivity index (χ4v) is 0.632. The van der Waals surface area contributed by atoms with E-state index in [0.29, 0.717) is 6.42 Å². The Hall–Kier alpha value is -0.380. The first kappa shape index (κ1) is 9.62. The van der Waals surface area contributed by atoms with E-state index in [1.165, 1.54) is 13.0 Å². The molecular weight excluding hydrogens is 132 g/mol. The summed E-state index contributed by atoms with van der Waals surface area (Å²) >= 11 is 0. The lowest BCUT2D eigenvalue weighted by Gasteiger charge is -2.18. The van der Waals surface area contributed by atoms with Crippen LogP contribution in [0.4, 0.5) is 0 Å². The normalized spacial score (nSPS) is 19.6. The molecule has 0 aliphatic heterocycles. The summed E-state index contributed by atoms with van der Waals surface area (Å²) in [7, 11) is 0. The standard InChI is InChI=1S/C7H14O3/c1-3-4-6(9)7(10)5(2)8/h3,5-10H,1,4H2,2H3/t5-,6+,7+/m1/s1. The predicted octanol–water partition coefficient (Wildman–Crippen LogP) is -0.335. The molecule has 3 N–H and O–H groups in total. The summed E-state index contributed by atoms with van der Waals surface area (Å²) in [6.07, 6.45) is -1.08. The SMILES string of the molecule is C=CC[C@H](O)[C@@H](O)[C@@H](C)O. The number of hydrogen-bond donors (Lipinski definition) is 3. The van der Waals surface area contributed by atoms with Crippen molar-refractivity contribution in [1.29, 1.82) is 0 Å². The molecule has 0 aromatic carbocycles. The zero-order chi connectivity index (χ0) is 8.15. The maximum Gasteiger partial charge on any atom is 0.106 e. The highest BCUT2D eigenvalue weighted by atomic mass is 16.4. The molecule has 10 heavy (non-hydrogen) atoms. The van der Waals surface area contributed by atoms with Crippen LogP contribution in [0.3, 0.4) is 0 Å². The van der Waals surface area contributed by atoms with E-state index in [1.54, 1.807) is 0 Å². The Morgan fingerprint density at radius 2 is 1.90 bits per heavy atom. The molecule has 0 bridgehead atoms. The first-order chi connectivity index (χ1) is 4.59. The Bertz CT molecular complexity index is 101. The molecule has 3 heteroatoms. The van der Waals surface area contributed by atoms with E-state index in [2.05, 4.69) is 6.58 Å². The van der Waals surface area contributed by atoms with E-state index in [4.69, 9.17) is 15.3 Å². The van der Waals surface area contributed by atoms with E-state index in [1.807, 2.05) is 0 Å². The Labute approximate surface area is 60.6 Å². The smallest absolute Gasteiger partial charge is 0.106 e. The molecule has 0 heterocycles. The van der Waals surface area contributed by atoms with Gasteiger partial charge in [0.1, 0.15) is 6.10 Å². The Morgan fingerprint density at radius 3 is 2.20 bits per heavy atom. The molecule has 0 unspecified atom stereocenters. The Kier molecular flexibility index (Phi) is 4.27. The molecule has 0 aromatic rings. The van der Waals surface area contributed by atoms with Crippen molar-refractivity contribution in [1.82, 2.24) is 0 Å². The lowest BCUT2D eigenvalue weighted by molar-refractivity contribution is -0.0499. The van der Waals surface area contributed by atoms with Gasteiger partial charge >= 0.3 is 0 Å². The topological polar surface area (TPSA) is 60.7 Å². The van der Waals surface area contributed by atoms with Crippen molar-refractivity contribution in [2.24, 2.45) is 0 Å². The zero-order valence-corrected chi connectivity index (χ0v) is 6.07. The van der Waals surface area contributed by atoms with Gasteiger partial charge in [-0.25, -0.2) is 0 Å². The molecule has 0 saturated heterocycles. The lowest BCUT2D eigenvalue weighted by atomic mass is 10.1. The second-order valence-electron chi connectivity index (χ2n) is 2.32. The highest BCUT2D eigenvalue weighted by Crippen LogP contribution is 2.03. The van der Waals surface area contributed by atoms with Gasteiger partial charge in [0.25, 0.3) is 0 Å². The molecule has 0 amide bonds. The summed E-state index contributed by atoms with van der Waals surface area (Å²) < 4.78 is 0. The third kappa shape index (κ3) is 2.96. The van der Waals surface area contributed by atoms with Crippen LogP contribution in [0.25, 0.3) is 0 Å². The van der Waals surface area contributed by atoms with E-state index in [-0.39, 0.29) is 0 Å². The first-order valence-corrected chi connectivity index (χ1v) is 3.24. The third-order valence-corrected chi connectivity index (χ3v) is 1.30. The van der Waals surface area contributed by atoms with Gasteiger partial charge in [0.05, 0.1) is 12.2 Å². The zero-order valence-electron chi connectivity index (χ0n) is 6.07. The van der Waals surface area contributed by atoms with E-state index < -0.39 is 18.3 Å². The van der Waals surface area contributed by atoms with Crippen LogP contribution in [0.5, 0.6) is 0 Å². The van der Waals surface area contributed by atoms with Crippen LogP contribution < -0.4 is 0 Å². The molecule has 0 fully saturated rings. The van der Waals surface area contributed by atoms with Crippen molar-refractivity contribution in [2.75, 3.05) is 0 Å². The minimum atomic E-state index is -1.07. The second kappa shape index (κ2) is 4.44. The number of aliphatic hydroxyl groups is 3. The molecule has 0 radical (unpaired) electrons. The van der Waals surface area contributed by atoms with Crippen LogP contribution >= 0.6 is 0 Å². The summed E-state index contributed by atoms with van der Waals surface area (Å²) in [6.45, 7) is 4.82. The second-order valence-corrected chi connectivity index (χ2v) is 2.32. The molecule has 3 nitrogen and oxygen atoms in total. The lowest BCUT2D eigenvalue weighted by Crippen LogP contribution is -2.34. The van der Waals surface area contributed by atoms with Crippen LogP contribution in [-0.2, 0) is 0 Å². The molecule has 0 aliphatic rings. The molecule has 0 aliphatic carbocycles. The van der Waals surface area contributed by atoms with Crippen LogP contribution in [0.15, 0.2) is 12.7 Å². The van der Waals surface area contributed by atoms with Gasteiger partial charge in [-0.05, 0) is 13.3 Å². The molecule has 0 rings (SSSR count). The van der Waals surface area contributed by atoms with Gasteiger partial charge in [0.2, 0.25) is 0 Å². The van der Waals surface area contributed by atoms with Gasteiger partial charge in [0.15, 0.2) is 0 Å². The quantitative estimate of drug-likeness (QED) is 0.476. The molecule has 60 valence electrons. The average Bonchev–Trinajstić information content (AvgIpc) is 1.87. The van der Waals surface area contributed by atoms with Gasteiger partial charge in [-0.1, -0.05) is 6.08 Å². The van der Waals surface area contributed by atoms with Crippen molar-refractivity contribution in [2.45, 2.75) is 31.7 Å². The van der Waals surface area contributed by atoms with Gasteiger partial charge in [-0.15, -0.1) is 6.58 Å². The minimum Gasteiger partial charge on any atom is -0.391 e. The first-order valence-electron chi connectivity index (χ1n) is 3.24. The van der Waals surface area contributed by atoms with Crippen LogP contribution in [0.2, 0.25) is 0 Å². The van der Waals surface area contributed by atoms with Crippen molar-refractivity contribution in [3.63, 3.8) is 0 Å². The number of aliphatic hydroxyl groups excluding tert-OH is 3. The van der Waals surface area contributed by atoms with Gasteiger partial charge in [-0.3, -0.25) is 0 Å². The van der Waals surface area contributed by atoms with Gasteiger partial charge in [-0.2, -0.15) is 0 Å². The van der Waals surface area contributed by atoms with Crippen molar-refractivity contribution < 1.29 is 15.3 Å². The van der Waals surface area contributed by atoms with Crippen LogP contribution in [0.1, 0.15) is 13.3 Å². The number of hydrogen-bond acceptors (Lipinski definition) is 3. The van der Waals surface area contributed by atoms with Crippen molar-refractivity contribution >= 4 is 0 Å². The molecule has 0 spiro atoms. The summed E-state index contributed by atoms with van der Waals surface area (Å²) in [5, 5.41) is 26.8. The highest BCUT2D eigenvalue weighted by molar-refractivity contribution is 4.79. The highest BCUT2D eigenvalue weighted by Gasteiger charge is 2.19. The molecule has 0 saturated carbocycles. The maximum absolute atomic E-state index is 9.01. The minimum absolute atomic E-state index is 0.298. The van der Waals surface area contributed by atoms with E-state index in [0.717, 1.165) is 0 Å². The largest absolute Gasteiger partial charge is 0.391 e. The van der Waals surface area contributed by atoms with Crippen LogP contribution in [-0.4, -0.2) is 33.6 Å². The van der Waals surface area contributed by atoms with Crippen LogP contribution in [0, 0.1) is 0 Å². The maximum atomic E-state index is 9.01. The summed E-state index contributed by atoms with van der Waals surface area (Å²) in [6, 6.07) is 0. The molecule has 0 aromatic heterocycles. The Balaban J connectivity index is 3.68. The fraction of sp³-hybridized carbons (Fsp3) is 0.714. The summed E-state index contributed by atoms with van der Waals surface area (Å²) in [4.78, 5) is 0. The molecule has 3 atom stereocenters. The number of rotatable bonds is 4. The Morgan fingerprint density at radius 1 is 1.40 bits per heavy atom.